The molecule has 0 radical (unpaired) electrons. The van der Waals surface area contributed by atoms with Gasteiger partial charge in [-0.1, -0.05) is 12.1 Å². The van der Waals surface area contributed by atoms with Crippen molar-refractivity contribution in [1.29, 1.82) is 0 Å². The molecule has 1 N–H and O–H groups in total. The van der Waals surface area contributed by atoms with Crippen molar-refractivity contribution < 1.29 is 18.0 Å². The quantitative estimate of drug-likeness (QED) is 0.832. The number of anilines is 1. The highest BCUT2D eigenvalue weighted by Crippen LogP contribution is 2.69. The monoisotopic (exact) mass is 401 g/mol. The molecule has 7 heteroatoms. The van der Waals surface area contributed by atoms with Gasteiger partial charge < -0.3 is 5.32 Å². The van der Waals surface area contributed by atoms with E-state index in [1.807, 2.05) is 43.3 Å². The third-order valence-corrected chi connectivity index (χ3v) is 6.86. The van der Waals surface area contributed by atoms with Gasteiger partial charge in [-0.25, -0.2) is 0 Å². The Morgan fingerprint density at radius 1 is 1.31 bits per heavy atom. The number of halogens is 3. The topological polar surface area (TPSA) is 45.2 Å². The average molecular weight is 401 g/mol. The standard InChI is InChI=1S/C22H22F3N3O/c1-13-5-6-16(9-17(13)18-4-2-3-7-26-18)27-20(29)19-14-8-15-10-21(15,19)28(11-14)12-22(23,24)25/h2-7,9,14-15,19H,8,10-12H2,1H3,(H,27,29)/t14-,15+,19-,21?/m1/s1. The summed E-state index contributed by atoms with van der Waals surface area (Å²) < 4.78 is 39.0. The van der Waals surface area contributed by atoms with E-state index in [4.69, 9.17) is 0 Å². The van der Waals surface area contributed by atoms with E-state index in [1.54, 1.807) is 6.20 Å². The lowest BCUT2D eigenvalue weighted by atomic mass is 9.91. The van der Waals surface area contributed by atoms with E-state index in [2.05, 4.69) is 10.3 Å². The number of hydrogen-bond acceptors (Lipinski definition) is 3. The smallest absolute Gasteiger partial charge is 0.326 e. The number of piperidine rings is 1. The molecular formula is C22H22F3N3O. The number of fused-ring (bicyclic) bond motifs is 1. The molecule has 2 aromatic rings. The summed E-state index contributed by atoms with van der Waals surface area (Å²) in [6, 6.07) is 11.3. The normalized spacial score (nSPS) is 30.3. The van der Waals surface area contributed by atoms with Gasteiger partial charge in [-0.15, -0.1) is 0 Å². The predicted molar refractivity (Wildman–Crippen MR) is 103 cm³/mol. The van der Waals surface area contributed by atoms with Gasteiger partial charge in [-0.3, -0.25) is 14.7 Å². The number of hydrogen-bond donors (Lipinski definition) is 1. The van der Waals surface area contributed by atoms with Crippen molar-refractivity contribution in [3.05, 3.63) is 48.2 Å². The number of carbonyl (C=O) groups excluding carboxylic acids is 1. The second kappa shape index (κ2) is 6.29. The van der Waals surface area contributed by atoms with Crippen molar-refractivity contribution in [2.24, 2.45) is 17.8 Å². The van der Waals surface area contributed by atoms with Crippen LogP contribution in [-0.2, 0) is 4.79 Å². The number of nitrogens with one attached hydrogen (secondary N) is 1. The highest BCUT2D eigenvalue weighted by atomic mass is 19.4. The van der Waals surface area contributed by atoms with E-state index in [0.717, 1.165) is 23.2 Å². The Morgan fingerprint density at radius 2 is 2.14 bits per heavy atom. The fraction of sp³-hybridized carbons (Fsp3) is 0.455. The molecule has 152 valence electrons. The molecule has 1 aliphatic heterocycles. The van der Waals surface area contributed by atoms with Gasteiger partial charge in [0, 0.05) is 29.5 Å². The summed E-state index contributed by atoms with van der Waals surface area (Å²) in [6.45, 7) is 1.43. The Balaban J connectivity index is 1.37. The first-order valence-electron chi connectivity index (χ1n) is 9.93. The van der Waals surface area contributed by atoms with Crippen molar-refractivity contribution in [2.45, 2.75) is 31.5 Å². The number of alkyl halides is 3. The minimum Gasteiger partial charge on any atom is -0.326 e. The molecule has 29 heavy (non-hydrogen) atoms. The maximum atomic E-state index is 13.1. The minimum atomic E-state index is -4.23. The van der Waals surface area contributed by atoms with Gasteiger partial charge in [0.1, 0.15) is 0 Å². The van der Waals surface area contributed by atoms with E-state index in [-0.39, 0.29) is 23.7 Å². The van der Waals surface area contributed by atoms with Crippen LogP contribution in [0.3, 0.4) is 0 Å². The summed E-state index contributed by atoms with van der Waals surface area (Å²) in [7, 11) is 0. The molecule has 2 heterocycles. The molecule has 2 aliphatic carbocycles. The number of carbonyl (C=O) groups is 1. The van der Waals surface area contributed by atoms with Gasteiger partial charge in [0.2, 0.25) is 5.91 Å². The first kappa shape index (κ1) is 18.6. The minimum absolute atomic E-state index is 0.0109. The van der Waals surface area contributed by atoms with Crippen LogP contribution < -0.4 is 5.32 Å². The lowest BCUT2D eigenvalue weighted by Gasteiger charge is -2.29. The molecule has 3 fully saturated rings. The molecule has 2 bridgehead atoms. The zero-order valence-electron chi connectivity index (χ0n) is 16.0. The van der Waals surface area contributed by atoms with Gasteiger partial charge in [0.05, 0.1) is 18.2 Å². The molecule has 4 nitrogen and oxygen atoms in total. The number of aromatic nitrogens is 1. The Bertz CT molecular complexity index is 962. The summed E-state index contributed by atoms with van der Waals surface area (Å²) >= 11 is 0. The van der Waals surface area contributed by atoms with E-state index in [9.17, 15) is 18.0 Å². The fourth-order valence-electron chi connectivity index (χ4n) is 5.72. The van der Waals surface area contributed by atoms with Crippen molar-refractivity contribution >= 4 is 11.6 Å². The highest BCUT2D eigenvalue weighted by Gasteiger charge is 2.75. The second-order valence-electron chi connectivity index (χ2n) is 8.60. The molecule has 3 aliphatic rings. The zero-order chi connectivity index (χ0) is 20.4. The van der Waals surface area contributed by atoms with Gasteiger partial charge >= 0.3 is 6.18 Å². The van der Waals surface area contributed by atoms with E-state index in [1.165, 1.54) is 4.90 Å². The second-order valence-corrected chi connectivity index (χ2v) is 8.60. The summed E-state index contributed by atoms with van der Waals surface area (Å²) in [6.07, 6.45) is -0.954. The first-order valence-corrected chi connectivity index (χ1v) is 9.93. The lowest BCUT2D eigenvalue weighted by molar-refractivity contribution is -0.152. The summed E-state index contributed by atoms with van der Waals surface area (Å²) in [4.78, 5) is 19.0. The summed E-state index contributed by atoms with van der Waals surface area (Å²) in [5.74, 6) is -0.289. The third kappa shape index (κ3) is 3.03. The van der Waals surface area contributed by atoms with Crippen LogP contribution in [-0.4, -0.2) is 40.6 Å². The molecule has 1 spiro atoms. The molecule has 5 rings (SSSR count). The van der Waals surface area contributed by atoms with Crippen molar-refractivity contribution in [3.63, 3.8) is 0 Å². The first-order chi connectivity index (χ1) is 13.8. The molecule has 4 atom stereocenters. The van der Waals surface area contributed by atoms with Crippen LogP contribution in [0.25, 0.3) is 11.3 Å². The number of amides is 1. The molecule has 1 amide bonds. The van der Waals surface area contributed by atoms with Crippen LogP contribution in [0, 0.1) is 24.7 Å². The largest absolute Gasteiger partial charge is 0.401 e. The number of benzene rings is 1. The van der Waals surface area contributed by atoms with Crippen molar-refractivity contribution in [2.75, 3.05) is 18.4 Å². The maximum absolute atomic E-state index is 13.1. The number of rotatable bonds is 4. The average Bonchev–Trinajstić information content (AvgIpc) is 3.21. The fourth-order valence-corrected chi connectivity index (χ4v) is 5.72. The Morgan fingerprint density at radius 3 is 2.86 bits per heavy atom. The van der Waals surface area contributed by atoms with Gasteiger partial charge in [-0.05, 0) is 61.4 Å². The van der Waals surface area contributed by atoms with Crippen LogP contribution in [0.2, 0.25) is 0 Å². The molecule has 2 saturated carbocycles. The molecule has 1 aromatic heterocycles. The molecular weight excluding hydrogens is 379 g/mol. The highest BCUT2D eigenvalue weighted by molar-refractivity contribution is 5.95. The number of aryl methyl sites for hydroxylation is 1. The lowest BCUT2D eigenvalue weighted by Crippen LogP contribution is -2.45. The van der Waals surface area contributed by atoms with Gasteiger partial charge in [-0.2, -0.15) is 13.2 Å². The SMILES string of the molecule is Cc1ccc(NC(=O)[C@H]2[C@@H]3C[C@H]4CC42N(CC(F)(F)F)C3)cc1-c1ccccn1. The van der Waals surface area contributed by atoms with E-state index in [0.29, 0.717) is 18.7 Å². The van der Waals surface area contributed by atoms with Crippen molar-refractivity contribution in [1.82, 2.24) is 9.88 Å². The number of pyridine rings is 1. The van der Waals surface area contributed by atoms with Crippen LogP contribution >= 0.6 is 0 Å². The third-order valence-electron chi connectivity index (χ3n) is 6.86. The number of nitrogens with zero attached hydrogens (tertiary/aromatic N) is 2. The van der Waals surface area contributed by atoms with Crippen LogP contribution in [0.4, 0.5) is 18.9 Å². The van der Waals surface area contributed by atoms with Crippen LogP contribution in [0.1, 0.15) is 18.4 Å². The Kier molecular flexibility index (Phi) is 4.04. The van der Waals surface area contributed by atoms with Crippen molar-refractivity contribution in [3.8, 4) is 11.3 Å². The predicted octanol–water partition coefficient (Wildman–Crippen LogP) is 4.27. The van der Waals surface area contributed by atoms with E-state index >= 15 is 0 Å². The molecule has 1 saturated heterocycles. The number of likely N-dealkylation sites (tertiary alicyclic amines) is 1. The van der Waals surface area contributed by atoms with Gasteiger partial charge in [0.25, 0.3) is 0 Å². The Labute approximate surface area is 167 Å². The van der Waals surface area contributed by atoms with Crippen LogP contribution in [0.15, 0.2) is 42.6 Å². The van der Waals surface area contributed by atoms with E-state index < -0.39 is 18.3 Å². The summed E-state index contributed by atoms with van der Waals surface area (Å²) in [5, 5.41) is 2.98. The zero-order valence-corrected chi connectivity index (χ0v) is 16.0. The van der Waals surface area contributed by atoms with Gasteiger partial charge in [0.15, 0.2) is 0 Å². The molecule has 1 unspecified atom stereocenters. The Hall–Kier alpha value is -2.41. The molecule has 1 aromatic carbocycles. The van der Waals surface area contributed by atoms with Crippen LogP contribution in [0.5, 0.6) is 0 Å². The summed E-state index contributed by atoms with van der Waals surface area (Å²) in [5.41, 5.74) is 2.86. The maximum Gasteiger partial charge on any atom is 0.401 e.